The number of likely N-dealkylation sites (N-methyl/N-ethyl adjacent to an activating group) is 1. The summed E-state index contributed by atoms with van der Waals surface area (Å²) in [6.45, 7) is 3.44. The van der Waals surface area contributed by atoms with Gasteiger partial charge in [0.1, 0.15) is 0 Å². The Bertz CT molecular complexity index is 852. The Morgan fingerprint density at radius 2 is 1.96 bits per heavy atom. The van der Waals surface area contributed by atoms with E-state index in [1.54, 1.807) is 6.07 Å². The fourth-order valence-corrected chi connectivity index (χ4v) is 3.05. The van der Waals surface area contributed by atoms with Crippen LogP contribution in [0.5, 0.6) is 0 Å². The maximum atomic E-state index is 12.1. The topological polar surface area (TPSA) is 71.3 Å². The van der Waals surface area contributed by atoms with Gasteiger partial charge in [-0.05, 0) is 45.3 Å². The maximum Gasteiger partial charge on any atom is 0.261 e. The highest BCUT2D eigenvalue weighted by Crippen LogP contribution is 2.28. The summed E-state index contributed by atoms with van der Waals surface area (Å²) in [5.41, 5.74) is 2.05. The zero-order valence-corrected chi connectivity index (χ0v) is 15.3. The van der Waals surface area contributed by atoms with Crippen LogP contribution in [-0.2, 0) is 0 Å². The van der Waals surface area contributed by atoms with E-state index in [1.165, 1.54) is 16.9 Å². The number of thiophene rings is 1. The van der Waals surface area contributed by atoms with Crippen molar-refractivity contribution in [3.8, 4) is 22.2 Å². The Kier molecular flexibility index (Phi) is 5.25. The second kappa shape index (κ2) is 7.58. The molecule has 0 bridgehead atoms. The van der Waals surface area contributed by atoms with Crippen LogP contribution in [0.4, 0.5) is 0 Å². The van der Waals surface area contributed by atoms with Crippen molar-refractivity contribution >= 4 is 17.2 Å². The lowest BCUT2D eigenvalue weighted by Gasteiger charge is -2.09. The fourth-order valence-electron chi connectivity index (χ4n) is 2.20. The van der Waals surface area contributed by atoms with Gasteiger partial charge in [0.05, 0.1) is 9.75 Å². The van der Waals surface area contributed by atoms with Crippen LogP contribution in [0.1, 0.15) is 15.2 Å². The molecule has 0 saturated carbocycles. The van der Waals surface area contributed by atoms with Gasteiger partial charge >= 0.3 is 0 Å². The number of rotatable bonds is 6. The molecular weight excluding hydrogens is 336 g/mol. The minimum Gasteiger partial charge on any atom is -0.350 e. The van der Waals surface area contributed by atoms with Crippen LogP contribution in [0, 0.1) is 6.92 Å². The highest BCUT2D eigenvalue weighted by molar-refractivity contribution is 7.17. The van der Waals surface area contributed by atoms with Crippen LogP contribution in [-0.4, -0.2) is 48.1 Å². The maximum absolute atomic E-state index is 12.1. The highest BCUT2D eigenvalue weighted by atomic mass is 32.1. The Labute approximate surface area is 150 Å². The number of nitrogens with one attached hydrogen (secondary N) is 1. The molecule has 1 N–H and O–H groups in total. The largest absolute Gasteiger partial charge is 0.350 e. The van der Waals surface area contributed by atoms with Gasteiger partial charge in [-0.2, -0.15) is 4.98 Å². The van der Waals surface area contributed by atoms with Gasteiger partial charge in [0, 0.05) is 18.7 Å². The summed E-state index contributed by atoms with van der Waals surface area (Å²) < 4.78 is 5.35. The average molecular weight is 356 g/mol. The lowest BCUT2D eigenvalue weighted by Crippen LogP contribution is -2.30. The van der Waals surface area contributed by atoms with Crippen molar-refractivity contribution < 1.29 is 9.32 Å². The van der Waals surface area contributed by atoms with E-state index in [4.69, 9.17) is 4.52 Å². The Hall–Kier alpha value is -2.51. The number of benzene rings is 1. The molecule has 0 fully saturated rings. The molecule has 0 aliphatic carbocycles. The van der Waals surface area contributed by atoms with Gasteiger partial charge < -0.3 is 14.7 Å². The van der Waals surface area contributed by atoms with Crippen LogP contribution in [0.25, 0.3) is 22.2 Å². The zero-order chi connectivity index (χ0) is 17.8. The predicted octanol–water partition coefficient (Wildman–Crippen LogP) is 3.06. The smallest absolute Gasteiger partial charge is 0.261 e. The normalized spacial score (nSPS) is 11.0. The van der Waals surface area contributed by atoms with Crippen molar-refractivity contribution in [3.05, 3.63) is 46.8 Å². The van der Waals surface area contributed by atoms with E-state index in [1.807, 2.05) is 56.3 Å². The second-order valence-electron chi connectivity index (χ2n) is 6.01. The number of hydrogen-bond acceptors (Lipinski definition) is 6. The van der Waals surface area contributed by atoms with E-state index >= 15 is 0 Å². The van der Waals surface area contributed by atoms with E-state index < -0.39 is 0 Å². The average Bonchev–Trinajstić information content (AvgIpc) is 3.24. The van der Waals surface area contributed by atoms with Crippen LogP contribution < -0.4 is 5.32 Å². The summed E-state index contributed by atoms with van der Waals surface area (Å²) >= 11 is 1.35. The summed E-state index contributed by atoms with van der Waals surface area (Å²) in [4.78, 5) is 20.0. The van der Waals surface area contributed by atoms with E-state index in [0.29, 0.717) is 23.1 Å². The van der Waals surface area contributed by atoms with Crippen LogP contribution in [0.15, 0.2) is 40.9 Å². The quantitative estimate of drug-likeness (QED) is 0.735. The molecule has 2 aromatic heterocycles. The molecular formula is C18H20N4O2S. The van der Waals surface area contributed by atoms with Crippen LogP contribution >= 0.6 is 11.3 Å². The number of aryl methyl sites for hydroxylation is 1. The second-order valence-corrected chi connectivity index (χ2v) is 7.10. The van der Waals surface area contributed by atoms with Crippen molar-refractivity contribution in [3.63, 3.8) is 0 Å². The monoisotopic (exact) mass is 356 g/mol. The molecule has 130 valence electrons. The van der Waals surface area contributed by atoms with Crippen molar-refractivity contribution in [2.45, 2.75) is 6.92 Å². The number of carbonyl (C=O) groups excluding carboxylic acids is 1. The number of aromatic nitrogens is 2. The number of carbonyl (C=O) groups is 1. The first kappa shape index (κ1) is 17.3. The minimum atomic E-state index is -0.0830. The van der Waals surface area contributed by atoms with Gasteiger partial charge in [-0.1, -0.05) is 22.9 Å². The first-order valence-electron chi connectivity index (χ1n) is 7.97. The van der Waals surface area contributed by atoms with Gasteiger partial charge in [0.15, 0.2) is 0 Å². The Balaban J connectivity index is 1.70. The van der Waals surface area contributed by atoms with Gasteiger partial charge in [-0.25, -0.2) is 0 Å². The SMILES string of the molecule is Cc1ccc(-c2nc(-c3ccc(C(=O)NCCN(C)C)s3)no2)cc1. The highest BCUT2D eigenvalue weighted by Gasteiger charge is 2.15. The molecule has 0 aliphatic rings. The Morgan fingerprint density at radius 1 is 1.20 bits per heavy atom. The third-order valence-electron chi connectivity index (χ3n) is 3.62. The lowest BCUT2D eigenvalue weighted by molar-refractivity contribution is 0.0955. The first-order valence-corrected chi connectivity index (χ1v) is 8.78. The number of amides is 1. The molecule has 3 rings (SSSR count). The first-order chi connectivity index (χ1) is 12.0. The summed E-state index contributed by atoms with van der Waals surface area (Å²) in [7, 11) is 3.94. The van der Waals surface area contributed by atoms with Crippen molar-refractivity contribution in [2.24, 2.45) is 0 Å². The van der Waals surface area contributed by atoms with Crippen molar-refractivity contribution in [1.82, 2.24) is 20.4 Å². The molecule has 7 heteroatoms. The zero-order valence-electron chi connectivity index (χ0n) is 14.4. The molecule has 0 aliphatic heterocycles. The van der Waals surface area contributed by atoms with Gasteiger partial charge in [-0.3, -0.25) is 4.79 Å². The summed E-state index contributed by atoms with van der Waals surface area (Å²) in [5.74, 6) is 0.883. The number of hydrogen-bond donors (Lipinski definition) is 1. The van der Waals surface area contributed by atoms with Crippen molar-refractivity contribution in [1.29, 1.82) is 0 Å². The van der Waals surface area contributed by atoms with Crippen LogP contribution in [0.2, 0.25) is 0 Å². The van der Waals surface area contributed by atoms with Gasteiger partial charge in [-0.15, -0.1) is 11.3 Å². The summed E-state index contributed by atoms with van der Waals surface area (Å²) in [5, 5.41) is 6.93. The van der Waals surface area contributed by atoms with E-state index in [-0.39, 0.29) is 5.91 Å². The molecule has 0 saturated heterocycles. The third-order valence-corrected chi connectivity index (χ3v) is 4.70. The molecule has 1 amide bonds. The minimum absolute atomic E-state index is 0.0830. The molecule has 0 atom stereocenters. The van der Waals surface area contributed by atoms with Gasteiger partial charge in [0.25, 0.3) is 11.8 Å². The van der Waals surface area contributed by atoms with Crippen LogP contribution in [0.3, 0.4) is 0 Å². The van der Waals surface area contributed by atoms with Crippen molar-refractivity contribution in [2.75, 3.05) is 27.2 Å². The standard InChI is InChI=1S/C18H20N4O2S/c1-12-4-6-13(7-5-12)18-20-16(21-24-18)14-8-9-15(25-14)17(23)19-10-11-22(2)3/h4-9H,10-11H2,1-3H3,(H,19,23). The lowest BCUT2D eigenvalue weighted by atomic mass is 10.1. The molecule has 1 aromatic carbocycles. The molecule has 0 unspecified atom stereocenters. The molecule has 0 radical (unpaired) electrons. The van der Waals surface area contributed by atoms with Gasteiger partial charge in [0.2, 0.25) is 5.82 Å². The Morgan fingerprint density at radius 3 is 2.68 bits per heavy atom. The summed E-state index contributed by atoms with van der Waals surface area (Å²) in [6, 6.07) is 11.5. The number of nitrogens with zero attached hydrogens (tertiary/aromatic N) is 3. The third kappa shape index (κ3) is 4.32. The molecule has 25 heavy (non-hydrogen) atoms. The van der Waals surface area contributed by atoms with E-state index in [0.717, 1.165) is 17.0 Å². The molecule has 6 nitrogen and oxygen atoms in total. The molecule has 3 aromatic rings. The predicted molar refractivity (Wildman–Crippen MR) is 98.7 cm³/mol. The van der Waals surface area contributed by atoms with E-state index in [2.05, 4.69) is 15.5 Å². The van der Waals surface area contributed by atoms with E-state index in [9.17, 15) is 4.79 Å². The molecule has 0 spiro atoms. The fraction of sp³-hybridized carbons (Fsp3) is 0.278. The molecule has 2 heterocycles. The summed E-state index contributed by atoms with van der Waals surface area (Å²) in [6.07, 6.45) is 0.